The molecule has 2 aliphatic rings. The van der Waals surface area contributed by atoms with Gasteiger partial charge in [0.15, 0.2) is 5.96 Å². The van der Waals surface area contributed by atoms with Crippen LogP contribution in [0.15, 0.2) is 52.6 Å². The molecule has 1 aliphatic heterocycles. The third kappa shape index (κ3) is 4.16. The quantitative estimate of drug-likeness (QED) is 0.616. The van der Waals surface area contributed by atoms with Gasteiger partial charge in [0.1, 0.15) is 6.54 Å². The number of nitrogens with zero attached hydrogens (tertiary/aromatic N) is 5. The summed E-state index contributed by atoms with van der Waals surface area (Å²) in [7, 11) is 3.64. The van der Waals surface area contributed by atoms with Crippen LogP contribution in [0.2, 0.25) is 0 Å². The van der Waals surface area contributed by atoms with Crippen LogP contribution in [-0.4, -0.2) is 64.5 Å². The number of aliphatic imine (C=N–C) groups is 1. The van der Waals surface area contributed by atoms with Crippen molar-refractivity contribution in [3.8, 4) is 0 Å². The van der Waals surface area contributed by atoms with E-state index in [2.05, 4.69) is 39.7 Å². The monoisotopic (exact) mass is 398 g/mol. The number of piperazine rings is 1. The molecule has 1 saturated heterocycles. The van der Waals surface area contributed by atoms with Gasteiger partial charge in [-0.05, 0) is 25.0 Å². The summed E-state index contributed by atoms with van der Waals surface area (Å²) in [6.07, 6.45) is 6.01. The Morgan fingerprint density at radius 3 is 2.68 bits per heavy atom. The molecule has 7 nitrogen and oxygen atoms in total. The first kappa shape index (κ1) is 18.9. The second kappa shape index (κ2) is 7.87. The Hall–Kier alpha value is -2.48. The maximum atomic E-state index is 12.6. The van der Waals surface area contributed by atoms with Gasteiger partial charge in [-0.1, -0.05) is 18.2 Å². The van der Waals surface area contributed by atoms with Crippen molar-refractivity contribution in [1.82, 2.24) is 20.0 Å². The second-order valence-electron chi connectivity index (χ2n) is 7.34. The van der Waals surface area contributed by atoms with Gasteiger partial charge < -0.3 is 15.1 Å². The fourth-order valence-corrected chi connectivity index (χ4v) is 4.68. The van der Waals surface area contributed by atoms with Crippen molar-refractivity contribution in [3.63, 3.8) is 0 Å². The van der Waals surface area contributed by atoms with Crippen LogP contribution in [0.5, 0.6) is 0 Å². The third-order valence-electron chi connectivity index (χ3n) is 5.19. The van der Waals surface area contributed by atoms with E-state index in [1.54, 1.807) is 22.8 Å². The van der Waals surface area contributed by atoms with Gasteiger partial charge >= 0.3 is 0 Å². The zero-order valence-electron chi connectivity index (χ0n) is 16.3. The molecule has 1 aromatic heterocycles. The first-order chi connectivity index (χ1) is 13.6. The lowest BCUT2D eigenvalue weighted by Gasteiger charge is -2.35. The summed E-state index contributed by atoms with van der Waals surface area (Å²) in [6, 6.07) is 10.5. The number of benzene rings is 1. The van der Waals surface area contributed by atoms with E-state index >= 15 is 0 Å². The van der Waals surface area contributed by atoms with Gasteiger partial charge in [-0.2, -0.15) is 5.10 Å². The second-order valence-corrected chi connectivity index (χ2v) is 8.88. The van der Waals surface area contributed by atoms with Gasteiger partial charge in [0, 0.05) is 49.6 Å². The molecule has 1 saturated carbocycles. The molecule has 1 amide bonds. The van der Waals surface area contributed by atoms with Crippen molar-refractivity contribution < 1.29 is 4.79 Å². The van der Waals surface area contributed by atoms with Crippen LogP contribution in [0.3, 0.4) is 0 Å². The highest BCUT2D eigenvalue weighted by Crippen LogP contribution is 2.51. The largest absolute Gasteiger partial charge is 0.355 e. The Morgan fingerprint density at radius 2 is 2.07 bits per heavy atom. The fraction of sp³-hybridized carbons (Fsp3) is 0.450. The molecule has 0 radical (unpaired) electrons. The minimum absolute atomic E-state index is 0.0713. The van der Waals surface area contributed by atoms with Gasteiger partial charge in [-0.3, -0.25) is 14.5 Å². The third-order valence-corrected chi connectivity index (χ3v) is 6.68. The molecule has 1 aliphatic carbocycles. The van der Waals surface area contributed by atoms with Gasteiger partial charge in [0.05, 0.1) is 11.9 Å². The number of guanidine groups is 1. The van der Waals surface area contributed by atoms with E-state index in [9.17, 15) is 4.79 Å². The summed E-state index contributed by atoms with van der Waals surface area (Å²) in [5, 5.41) is 7.67. The molecule has 4 rings (SSSR count). The Labute approximate surface area is 169 Å². The summed E-state index contributed by atoms with van der Waals surface area (Å²) in [5.41, 5.74) is 0.853. The summed E-state index contributed by atoms with van der Waals surface area (Å²) >= 11 is 1.94. The minimum Gasteiger partial charge on any atom is -0.355 e. The highest BCUT2D eigenvalue weighted by atomic mass is 32.2. The number of anilines is 1. The van der Waals surface area contributed by atoms with Gasteiger partial charge in [-0.15, -0.1) is 11.8 Å². The van der Waals surface area contributed by atoms with Gasteiger partial charge in [0.25, 0.3) is 0 Å². The van der Waals surface area contributed by atoms with Gasteiger partial charge in [-0.25, -0.2) is 0 Å². The van der Waals surface area contributed by atoms with Crippen LogP contribution >= 0.6 is 11.8 Å². The number of carbonyl (C=O) groups excluding carboxylic acids is 1. The van der Waals surface area contributed by atoms with Gasteiger partial charge in [0.2, 0.25) is 5.91 Å². The van der Waals surface area contributed by atoms with E-state index in [-0.39, 0.29) is 10.7 Å². The molecule has 0 bridgehead atoms. The number of carbonyl (C=O) groups is 1. The number of aromatic nitrogens is 2. The summed E-state index contributed by atoms with van der Waals surface area (Å²) in [6.45, 7) is 2.57. The molecule has 1 aromatic carbocycles. The van der Waals surface area contributed by atoms with Crippen molar-refractivity contribution in [2.75, 3.05) is 38.1 Å². The lowest BCUT2D eigenvalue weighted by Crippen LogP contribution is -2.56. The summed E-state index contributed by atoms with van der Waals surface area (Å²) in [5.74, 6) is 0.876. The number of amides is 1. The average molecular weight is 399 g/mol. The predicted octanol–water partition coefficient (Wildman–Crippen LogP) is 1.97. The predicted molar refractivity (Wildman–Crippen MR) is 113 cm³/mol. The summed E-state index contributed by atoms with van der Waals surface area (Å²) in [4.78, 5) is 22.2. The van der Waals surface area contributed by atoms with Crippen LogP contribution in [-0.2, 0) is 11.8 Å². The number of thioether (sulfide) groups is 1. The van der Waals surface area contributed by atoms with Crippen molar-refractivity contribution in [1.29, 1.82) is 0 Å². The van der Waals surface area contributed by atoms with E-state index in [0.717, 1.165) is 24.7 Å². The van der Waals surface area contributed by atoms with Crippen LogP contribution in [0.1, 0.15) is 12.8 Å². The molecular weight excluding hydrogens is 372 g/mol. The smallest absolute Gasteiger partial charge is 0.246 e. The van der Waals surface area contributed by atoms with Crippen molar-refractivity contribution >= 4 is 29.3 Å². The number of aryl methyl sites for hydroxylation is 1. The average Bonchev–Trinajstić information content (AvgIpc) is 3.32. The number of hydrogen-bond donors (Lipinski definition) is 1. The lowest BCUT2D eigenvalue weighted by molar-refractivity contribution is -0.120. The molecule has 28 heavy (non-hydrogen) atoms. The first-order valence-electron chi connectivity index (χ1n) is 9.57. The van der Waals surface area contributed by atoms with Crippen LogP contribution < -0.4 is 10.2 Å². The lowest BCUT2D eigenvalue weighted by atomic mass is 10.3. The zero-order chi connectivity index (χ0) is 19.6. The topological polar surface area (TPSA) is 65.8 Å². The molecule has 2 heterocycles. The normalized spacial score (nSPS) is 19.1. The molecule has 0 spiro atoms. The molecule has 1 N–H and O–H groups in total. The SMILES string of the molecule is CN=C(NCC1(Sc2ccccc2)CC1)N1CCN(c2cnn(C)c2)C(=O)C1. The molecule has 2 fully saturated rings. The molecule has 0 atom stereocenters. The van der Waals surface area contributed by atoms with Crippen molar-refractivity contribution in [2.24, 2.45) is 12.0 Å². The molecular formula is C20H26N6OS. The van der Waals surface area contributed by atoms with E-state index in [4.69, 9.17) is 0 Å². The Balaban J connectivity index is 1.33. The minimum atomic E-state index is 0.0713. The van der Waals surface area contributed by atoms with Crippen LogP contribution in [0.25, 0.3) is 0 Å². The Morgan fingerprint density at radius 1 is 1.29 bits per heavy atom. The maximum absolute atomic E-state index is 12.6. The number of hydrogen-bond acceptors (Lipinski definition) is 4. The van der Waals surface area contributed by atoms with Crippen LogP contribution in [0.4, 0.5) is 5.69 Å². The Kier molecular flexibility index (Phi) is 5.30. The van der Waals surface area contributed by atoms with Crippen LogP contribution in [0, 0.1) is 0 Å². The molecule has 0 unspecified atom stereocenters. The van der Waals surface area contributed by atoms with E-state index in [1.807, 2.05) is 36.0 Å². The van der Waals surface area contributed by atoms with Crippen molar-refractivity contribution in [2.45, 2.75) is 22.5 Å². The molecule has 2 aromatic rings. The number of nitrogens with one attached hydrogen (secondary N) is 1. The zero-order valence-corrected chi connectivity index (χ0v) is 17.2. The number of rotatable bonds is 5. The van der Waals surface area contributed by atoms with Crippen molar-refractivity contribution in [3.05, 3.63) is 42.7 Å². The highest BCUT2D eigenvalue weighted by molar-refractivity contribution is 8.01. The summed E-state index contributed by atoms with van der Waals surface area (Å²) < 4.78 is 1.95. The highest BCUT2D eigenvalue weighted by Gasteiger charge is 2.44. The van der Waals surface area contributed by atoms with E-state index in [1.165, 1.54) is 17.7 Å². The molecule has 8 heteroatoms. The fourth-order valence-electron chi connectivity index (χ4n) is 3.44. The molecule has 148 valence electrons. The maximum Gasteiger partial charge on any atom is 0.246 e. The van der Waals surface area contributed by atoms with E-state index < -0.39 is 0 Å². The Bertz CT molecular complexity index is 861. The standard InChI is InChI=1S/C20H26N6OS/c1-21-19(22-15-20(8-9-20)28-17-6-4-3-5-7-17)25-10-11-26(18(27)14-25)16-12-23-24(2)13-16/h3-7,12-13H,8-11,14-15H2,1-2H3,(H,21,22). The van der Waals surface area contributed by atoms with E-state index in [0.29, 0.717) is 13.1 Å². The first-order valence-corrected chi connectivity index (χ1v) is 10.4.